The molecule has 4 nitrogen and oxygen atoms in total. The summed E-state index contributed by atoms with van der Waals surface area (Å²) in [6.07, 6.45) is 1.56. The van der Waals surface area contributed by atoms with Crippen molar-refractivity contribution in [3.8, 4) is 11.5 Å². The summed E-state index contributed by atoms with van der Waals surface area (Å²) in [4.78, 5) is 0. The van der Waals surface area contributed by atoms with Crippen LogP contribution < -0.4 is 15.3 Å². The second-order valence-electron chi connectivity index (χ2n) is 4.02. The van der Waals surface area contributed by atoms with Crippen molar-refractivity contribution in [1.29, 1.82) is 0 Å². The van der Waals surface area contributed by atoms with Gasteiger partial charge in [0.2, 0.25) is 0 Å². The van der Waals surface area contributed by atoms with Crippen molar-refractivity contribution in [2.75, 3.05) is 13.7 Å². The monoisotopic (exact) mass is 300 g/mol. The molecule has 2 N–H and O–H groups in total. The maximum atomic E-state index is 5.71. The average molecular weight is 301 g/mol. The molecule has 1 aromatic carbocycles. The highest BCUT2D eigenvalue weighted by Crippen LogP contribution is 2.36. The highest BCUT2D eigenvalue weighted by Gasteiger charge is 2.11. The smallest absolute Gasteiger partial charge is 0.175 e. The molecule has 0 heterocycles. The summed E-state index contributed by atoms with van der Waals surface area (Å²) in [6.45, 7) is 4.82. The summed E-state index contributed by atoms with van der Waals surface area (Å²) >= 11 is 3.45. The van der Waals surface area contributed by atoms with Crippen LogP contribution in [-0.2, 0) is 0 Å². The summed E-state index contributed by atoms with van der Waals surface area (Å²) in [5.74, 6) is 6.94. The number of rotatable bonds is 5. The summed E-state index contributed by atoms with van der Waals surface area (Å²) < 4.78 is 11.8. The molecule has 0 radical (unpaired) electrons. The Morgan fingerprint density at radius 1 is 1.47 bits per heavy atom. The van der Waals surface area contributed by atoms with E-state index in [1.54, 1.807) is 13.3 Å². The van der Waals surface area contributed by atoms with Crippen LogP contribution in [-0.4, -0.2) is 19.9 Å². The van der Waals surface area contributed by atoms with Crippen LogP contribution in [0.2, 0.25) is 0 Å². The number of benzene rings is 1. The quantitative estimate of drug-likeness (QED) is 0.517. The molecule has 0 atom stereocenters. The molecule has 0 bridgehead atoms. The number of hydrazone groups is 1. The van der Waals surface area contributed by atoms with Gasteiger partial charge >= 0.3 is 0 Å². The van der Waals surface area contributed by atoms with Gasteiger partial charge in [-0.25, -0.2) is 0 Å². The molecule has 0 spiro atoms. The van der Waals surface area contributed by atoms with Crippen LogP contribution in [0, 0.1) is 5.92 Å². The third-order valence-corrected chi connectivity index (χ3v) is 2.63. The lowest BCUT2D eigenvalue weighted by Gasteiger charge is -2.14. The number of methoxy groups -OCH3 is 1. The van der Waals surface area contributed by atoms with Crippen LogP contribution >= 0.6 is 15.9 Å². The number of hydrogen-bond acceptors (Lipinski definition) is 4. The molecule has 1 rings (SSSR count). The van der Waals surface area contributed by atoms with Gasteiger partial charge in [-0.3, -0.25) is 0 Å². The van der Waals surface area contributed by atoms with Gasteiger partial charge in [0.1, 0.15) is 0 Å². The van der Waals surface area contributed by atoms with Crippen LogP contribution in [0.1, 0.15) is 19.4 Å². The van der Waals surface area contributed by atoms with E-state index in [1.165, 1.54) is 0 Å². The Bertz CT molecular complexity index is 406. The molecule has 0 saturated carbocycles. The van der Waals surface area contributed by atoms with E-state index < -0.39 is 0 Å². The predicted octanol–water partition coefficient (Wildman–Crippen LogP) is 2.79. The fraction of sp³-hybridized carbons (Fsp3) is 0.417. The van der Waals surface area contributed by atoms with Crippen molar-refractivity contribution >= 4 is 22.1 Å². The third-order valence-electron chi connectivity index (χ3n) is 2.04. The molecule has 0 aromatic heterocycles. The van der Waals surface area contributed by atoms with Crippen LogP contribution in [0.3, 0.4) is 0 Å². The number of nitrogens with two attached hydrogens (primary N) is 1. The van der Waals surface area contributed by atoms with E-state index in [0.717, 1.165) is 10.0 Å². The zero-order valence-electron chi connectivity index (χ0n) is 10.2. The molecule has 0 saturated heterocycles. The molecule has 94 valence electrons. The maximum Gasteiger partial charge on any atom is 0.175 e. The fourth-order valence-corrected chi connectivity index (χ4v) is 1.86. The highest BCUT2D eigenvalue weighted by molar-refractivity contribution is 9.10. The van der Waals surface area contributed by atoms with Crippen LogP contribution in [0.15, 0.2) is 21.7 Å². The van der Waals surface area contributed by atoms with Gasteiger partial charge in [-0.1, -0.05) is 13.8 Å². The molecule has 0 aliphatic heterocycles. The lowest BCUT2D eigenvalue weighted by atomic mass is 10.2. The molecule has 0 amide bonds. The van der Waals surface area contributed by atoms with Crippen LogP contribution in [0.5, 0.6) is 11.5 Å². The van der Waals surface area contributed by atoms with Crippen molar-refractivity contribution in [3.05, 3.63) is 22.2 Å². The standard InChI is InChI=1S/C12H17BrN2O2/c1-8(2)7-17-12-10(13)4-9(6-15-14)5-11(12)16-3/h4-6,8H,7,14H2,1-3H3. The molecule has 0 unspecified atom stereocenters. The first-order valence-electron chi connectivity index (χ1n) is 5.32. The first-order chi connectivity index (χ1) is 8.08. The second-order valence-corrected chi connectivity index (χ2v) is 4.87. The van der Waals surface area contributed by atoms with E-state index in [0.29, 0.717) is 24.0 Å². The van der Waals surface area contributed by atoms with E-state index in [2.05, 4.69) is 34.9 Å². The van der Waals surface area contributed by atoms with Gasteiger partial charge in [-0.15, -0.1) is 0 Å². The topological polar surface area (TPSA) is 56.8 Å². The van der Waals surface area contributed by atoms with Crippen molar-refractivity contribution < 1.29 is 9.47 Å². The Labute approximate surface area is 110 Å². The van der Waals surface area contributed by atoms with Crippen LogP contribution in [0.4, 0.5) is 0 Å². The van der Waals surface area contributed by atoms with E-state index >= 15 is 0 Å². The van der Waals surface area contributed by atoms with E-state index in [1.807, 2.05) is 12.1 Å². The molecular formula is C12H17BrN2O2. The van der Waals surface area contributed by atoms with Crippen molar-refractivity contribution in [1.82, 2.24) is 0 Å². The first-order valence-corrected chi connectivity index (χ1v) is 6.11. The van der Waals surface area contributed by atoms with Gasteiger partial charge in [0.15, 0.2) is 11.5 Å². The molecule has 0 fully saturated rings. The van der Waals surface area contributed by atoms with Crippen molar-refractivity contribution in [2.45, 2.75) is 13.8 Å². The van der Waals surface area contributed by atoms with E-state index in [-0.39, 0.29) is 0 Å². The third kappa shape index (κ3) is 3.93. The SMILES string of the molecule is COc1cc(C=NN)cc(Br)c1OCC(C)C. The first kappa shape index (κ1) is 13.8. The minimum absolute atomic E-state index is 0.455. The van der Waals surface area contributed by atoms with E-state index in [4.69, 9.17) is 15.3 Å². The largest absolute Gasteiger partial charge is 0.493 e. The average Bonchev–Trinajstić information content (AvgIpc) is 2.27. The zero-order chi connectivity index (χ0) is 12.8. The Morgan fingerprint density at radius 2 is 2.18 bits per heavy atom. The number of ether oxygens (including phenoxy) is 2. The number of hydrogen-bond donors (Lipinski definition) is 1. The number of nitrogens with zero attached hydrogens (tertiary/aromatic N) is 1. The minimum Gasteiger partial charge on any atom is -0.493 e. The Balaban J connectivity index is 3.03. The normalized spacial score (nSPS) is 11.1. The van der Waals surface area contributed by atoms with Crippen LogP contribution in [0.25, 0.3) is 0 Å². The zero-order valence-corrected chi connectivity index (χ0v) is 11.8. The predicted molar refractivity (Wildman–Crippen MR) is 72.8 cm³/mol. The molecule has 0 aliphatic rings. The second kappa shape index (κ2) is 6.49. The Hall–Kier alpha value is -1.23. The van der Waals surface area contributed by atoms with Gasteiger partial charge in [0, 0.05) is 0 Å². The van der Waals surface area contributed by atoms with Gasteiger partial charge in [-0.05, 0) is 39.5 Å². The van der Waals surface area contributed by atoms with Gasteiger partial charge in [0.05, 0.1) is 24.4 Å². The minimum atomic E-state index is 0.455. The summed E-state index contributed by atoms with van der Waals surface area (Å²) in [6, 6.07) is 3.71. The Morgan fingerprint density at radius 3 is 2.71 bits per heavy atom. The van der Waals surface area contributed by atoms with Gasteiger partial charge in [-0.2, -0.15) is 5.10 Å². The van der Waals surface area contributed by atoms with E-state index in [9.17, 15) is 0 Å². The fourth-order valence-electron chi connectivity index (χ4n) is 1.29. The van der Waals surface area contributed by atoms with Crippen molar-refractivity contribution in [3.63, 3.8) is 0 Å². The lowest BCUT2D eigenvalue weighted by Crippen LogP contribution is -2.06. The molecule has 1 aromatic rings. The summed E-state index contributed by atoms with van der Waals surface area (Å²) in [5, 5.41) is 3.48. The van der Waals surface area contributed by atoms with Crippen molar-refractivity contribution in [2.24, 2.45) is 16.9 Å². The highest BCUT2D eigenvalue weighted by atomic mass is 79.9. The Kier molecular flexibility index (Phi) is 5.28. The van der Waals surface area contributed by atoms with Gasteiger partial charge < -0.3 is 15.3 Å². The number of halogens is 1. The maximum absolute atomic E-state index is 5.71. The van der Waals surface area contributed by atoms with Gasteiger partial charge in [0.25, 0.3) is 0 Å². The molecule has 0 aliphatic carbocycles. The lowest BCUT2D eigenvalue weighted by molar-refractivity contribution is 0.255. The summed E-state index contributed by atoms with van der Waals surface area (Å²) in [5.41, 5.74) is 0.855. The molecule has 17 heavy (non-hydrogen) atoms. The summed E-state index contributed by atoms with van der Waals surface area (Å²) in [7, 11) is 1.60. The molecular weight excluding hydrogens is 284 g/mol. The molecule has 5 heteroatoms.